The minimum Gasteiger partial charge on any atom is -0.478 e. The molecule has 0 aromatic heterocycles. The van der Waals surface area contributed by atoms with Crippen LogP contribution in [0.2, 0.25) is 0 Å². The smallest absolute Gasteiger partial charge is 0.337 e. The van der Waals surface area contributed by atoms with Gasteiger partial charge in [-0.25, -0.2) is 9.59 Å². The second-order valence-electron chi connectivity index (χ2n) is 3.42. The summed E-state index contributed by atoms with van der Waals surface area (Å²) in [7, 11) is -4.95. The van der Waals surface area contributed by atoms with Gasteiger partial charge in [-0.2, -0.15) is 8.42 Å². The Balaban J connectivity index is 3.89. The van der Waals surface area contributed by atoms with Crippen molar-refractivity contribution < 1.29 is 32.8 Å². The number of carboxylic acids is 2. The lowest BCUT2D eigenvalue weighted by Crippen LogP contribution is -2.16. The maximum absolute atomic E-state index is 11.2. The lowest BCUT2D eigenvalue weighted by atomic mass is 10.0. The lowest BCUT2D eigenvalue weighted by molar-refractivity contribution is 0.0687. The minimum absolute atomic E-state index is 0.125. The molecule has 0 aliphatic rings. The van der Waals surface area contributed by atoms with Crippen LogP contribution in [-0.4, -0.2) is 35.1 Å². The van der Waals surface area contributed by atoms with Crippen molar-refractivity contribution >= 4 is 22.1 Å². The van der Waals surface area contributed by atoms with Crippen LogP contribution in [0.5, 0.6) is 0 Å². The molecular weight excluding hydrogens is 264 g/mol. The van der Waals surface area contributed by atoms with Gasteiger partial charge >= 0.3 is 11.9 Å². The van der Waals surface area contributed by atoms with E-state index in [4.69, 9.17) is 14.8 Å². The van der Waals surface area contributed by atoms with Crippen LogP contribution in [0.1, 0.15) is 33.2 Å². The fraction of sp³-hybridized carbons (Fsp3) is 0.200. The normalized spacial score (nSPS) is 11.2. The highest BCUT2D eigenvalue weighted by Crippen LogP contribution is 2.25. The number of aryl methyl sites for hydroxylation is 1. The molecule has 1 rings (SSSR count). The summed E-state index contributed by atoms with van der Waals surface area (Å²) in [5.41, 5.74) is -1.35. The topological polar surface area (TPSA) is 129 Å². The average Bonchev–Trinajstić information content (AvgIpc) is 2.25. The van der Waals surface area contributed by atoms with E-state index in [1.807, 2.05) is 0 Å². The summed E-state index contributed by atoms with van der Waals surface area (Å²) in [6.07, 6.45) is 0.185. The molecule has 18 heavy (non-hydrogen) atoms. The highest BCUT2D eigenvalue weighted by Gasteiger charge is 2.29. The molecule has 3 N–H and O–H groups in total. The van der Waals surface area contributed by atoms with Crippen LogP contribution in [0.25, 0.3) is 0 Å². The number of carboxylic acid groups (broad SMARTS) is 2. The number of benzene rings is 1. The van der Waals surface area contributed by atoms with Gasteiger partial charge in [0.1, 0.15) is 4.90 Å². The van der Waals surface area contributed by atoms with Crippen molar-refractivity contribution in [3.8, 4) is 0 Å². The van der Waals surface area contributed by atoms with E-state index in [2.05, 4.69) is 0 Å². The summed E-state index contributed by atoms with van der Waals surface area (Å²) in [6.45, 7) is 1.58. The van der Waals surface area contributed by atoms with E-state index in [1.165, 1.54) is 6.07 Å². The first-order valence-corrected chi connectivity index (χ1v) is 6.24. The number of aromatic carboxylic acids is 2. The third-order valence-electron chi connectivity index (χ3n) is 2.33. The summed E-state index contributed by atoms with van der Waals surface area (Å²) in [5, 5.41) is 17.8. The zero-order valence-electron chi connectivity index (χ0n) is 9.24. The van der Waals surface area contributed by atoms with Crippen molar-refractivity contribution in [2.24, 2.45) is 0 Å². The Morgan fingerprint density at radius 2 is 1.72 bits per heavy atom. The molecule has 98 valence electrons. The molecule has 0 unspecified atom stereocenters. The Labute approximate surface area is 102 Å². The van der Waals surface area contributed by atoms with E-state index >= 15 is 0 Å². The Morgan fingerprint density at radius 1 is 1.17 bits per heavy atom. The molecule has 1 aromatic carbocycles. The Bertz CT molecular complexity index is 615. The standard InChI is InChI=1S/C10H10O7S/c1-2-5-3-4-6(9(11)12)8(18(15,16)17)7(5)10(13)14/h3-4H,2H2,1H3,(H,11,12)(H,13,14)(H,15,16,17). The molecule has 0 saturated heterocycles. The van der Waals surface area contributed by atoms with Crippen molar-refractivity contribution in [2.75, 3.05) is 0 Å². The molecule has 0 fully saturated rings. The third-order valence-corrected chi connectivity index (χ3v) is 3.27. The zero-order valence-corrected chi connectivity index (χ0v) is 10.1. The number of hydrogen-bond donors (Lipinski definition) is 3. The number of rotatable bonds is 4. The first kappa shape index (κ1) is 14.1. The van der Waals surface area contributed by atoms with Gasteiger partial charge in [-0.15, -0.1) is 0 Å². The van der Waals surface area contributed by atoms with Crippen LogP contribution in [0, 0.1) is 0 Å². The first-order valence-electron chi connectivity index (χ1n) is 4.80. The van der Waals surface area contributed by atoms with Gasteiger partial charge in [-0.3, -0.25) is 4.55 Å². The van der Waals surface area contributed by atoms with E-state index in [-0.39, 0.29) is 12.0 Å². The van der Waals surface area contributed by atoms with Crippen LogP contribution in [-0.2, 0) is 16.5 Å². The molecule has 0 atom stereocenters. The fourth-order valence-corrected chi connectivity index (χ4v) is 2.50. The van der Waals surface area contributed by atoms with Crippen LogP contribution < -0.4 is 0 Å². The molecule has 0 bridgehead atoms. The van der Waals surface area contributed by atoms with E-state index in [1.54, 1.807) is 6.92 Å². The first-order chi connectivity index (χ1) is 8.20. The van der Waals surface area contributed by atoms with Crippen LogP contribution in [0.3, 0.4) is 0 Å². The van der Waals surface area contributed by atoms with E-state index in [0.29, 0.717) is 0 Å². The molecule has 0 aliphatic carbocycles. The second kappa shape index (κ2) is 4.75. The summed E-state index contributed by atoms with van der Waals surface area (Å²) in [4.78, 5) is 20.8. The van der Waals surface area contributed by atoms with E-state index < -0.39 is 38.1 Å². The molecule has 0 radical (unpaired) electrons. The highest BCUT2D eigenvalue weighted by molar-refractivity contribution is 7.86. The van der Waals surface area contributed by atoms with Crippen molar-refractivity contribution in [1.29, 1.82) is 0 Å². The van der Waals surface area contributed by atoms with E-state index in [0.717, 1.165) is 6.07 Å². The van der Waals surface area contributed by atoms with Gasteiger partial charge in [0.25, 0.3) is 10.1 Å². The largest absolute Gasteiger partial charge is 0.478 e. The molecule has 1 aromatic rings. The summed E-state index contributed by atoms with van der Waals surface area (Å²) >= 11 is 0. The zero-order chi connectivity index (χ0) is 14.1. The molecule has 8 heteroatoms. The average molecular weight is 274 g/mol. The number of hydrogen-bond acceptors (Lipinski definition) is 4. The molecule has 0 saturated carbocycles. The monoisotopic (exact) mass is 274 g/mol. The third kappa shape index (κ3) is 2.49. The predicted octanol–water partition coefficient (Wildman–Crippen LogP) is 0.892. The number of carbonyl (C=O) groups is 2. The van der Waals surface area contributed by atoms with Gasteiger partial charge in [0.15, 0.2) is 0 Å². The summed E-state index contributed by atoms with van der Waals surface area (Å²) < 4.78 is 31.4. The van der Waals surface area contributed by atoms with Gasteiger partial charge in [0.05, 0.1) is 11.1 Å². The SMILES string of the molecule is CCc1ccc(C(=O)O)c(S(=O)(=O)O)c1C(=O)O. The molecule has 0 aliphatic heterocycles. The summed E-state index contributed by atoms with van der Waals surface area (Å²) in [5.74, 6) is -3.24. The predicted molar refractivity (Wildman–Crippen MR) is 59.6 cm³/mol. The van der Waals surface area contributed by atoms with Crippen molar-refractivity contribution in [3.05, 3.63) is 28.8 Å². The molecule has 0 spiro atoms. The van der Waals surface area contributed by atoms with Gasteiger partial charge in [-0.1, -0.05) is 13.0 Å². The van der Waals surface area contributed by atoms with Crippen LogP contribution in [0.4, 0.5) is 0 Å². The highest BCUT2D eigenvalue weighted by atomic mass is 32.2. The maximum Gasteiger partial charge on any atom is 0.337 e. The van der Waals surface area contributed by atoms with Crippen LogP contribution >= 0.6 is 0 Å². The fourth-order valence-electron chi connectivity index (χ4n) is 1.59. The summed E-state index contributed by atoms with van der Waals surface area (Å²) in [6, 6.07) is 2.16. The van der Waals surface area contributed by atoms with Gasteiger partial charge in [0, 0.05) is 0 Å². The quantitative estimate of drug-likeness (QED) is 0.695. The van der Waals surface area contributed by atoms with Crippen LogP contribution in [0.15, 0.2) is 17.0 Å². The van der Waals surface area contributed by atoms with Gasteiger partial charge < -0.3 is 10.2 Å². The van der Waals surface area contributed by atoms with E-state index in [9.17, 15) is 18.0 Å². The lowest BCUT2D eigenvalue weighted by Gasteiger charge is -2.11. The van der Waals surface area contributed by atoms with Gasteiger partial charge in [0.2, 0.25) is 0 Å². The van der Waals surface area contributed by atoms with Crippen molar-refractivity contribution in [1.82, 2.24) is 0 Å². The molecule has 7 nitrogen and oxygen atoms in total. The van der Waals surface area contributed by atoms with Gasteiger partial charge in [-0.05, 0) is 18.1 Å². The second-order valence-corrected chi connectivity index (χ2v) is 4.77. The minimum atomic E-state index is -4.95. The Morgan fingerprint density at radius 3 is 2.06 bits per heavy atom. The Hall–Kier alpha value is -1.93. The Kier molecular flexibility index (Phi) is 3.73. The van der Waals surface area contributed by atoms with Crippen molar-refractivity contribution in [3.63, 3.8) is 0 Å². The molecular formula is C10H10O7S. The molecule has 0 heterocycles. The maximum atomic E-state index is 11.2. The van der Waals surface area contributed by atoms with Crippen molar-refractivity contribution in [2.45, 2.75) is 18.2 Å². The molecule has 0 amide bonds.